The topological polar surface area (TPSA) is 45.7 Å². The summed E-state index contributed by atoms with van der Waals surface area (Å²) in [6.45, 7) is 9.47. The van der Waals surface area contributed by atoms with Crippen LogP contribution in [0.15, 0.2) is 23.2 Å². The molecule has 0 bridgehead atoms. The number of guanidine groups is 1. The molecule has 1 rings (SSSR count). The van der Waals surface area contributed by atoms with E-state index in [-0.39, 0.29) is 35.5 Å². The third-order valence-corrected chi connectivity index (χ3v) is 3.58. The van der Waals surface area contributed by atoms with Crippen molar-refractivity contribution in [3.8, 4) is 0 Å². The lowest BCUT2D eigenvalue weighted by Crippen LogP contribution is -2.40. The van der Waals surface area contributed by atoms with E-state index in [4.69, 9.17) is 4.74 Å². The highest BCUT2D eigenvalue weighted by molar-refractivity contribution is 14.0. The van der Waals surface area contributed by atoms with Gasteiger partial charge < -0.3 is 15.4 Å². The average Bonchev–Trinajstić information content (AvgIpc) is 2.49. The van der Waals surface area contributed by atoms with Gasteiger partial charge in [-0.2, -0.15) is 0 Å². The minimum Gasteiger partial charge on any atom is -0.377 e. The zero-order chi connectivity index (χ0) is 17.5. The Kier molecular flexibility index (Phi) is 10.4. The molecule has 0 aliphatic carbocycles. The van der Waals surface area contributed by atoms with Gasteiger partial charge in [0.05, 0.1) is 12.1 Å². The highest BCUT2D eigenvalue weighted by Gasteiger charge is 2.16. The van der Waals surface area contributed by atoms with Crippen LogP contribution in [0.2, 0.25) is 0 Å². The fourth-order valence-electron chi connectivity index (χ4n) is 1.94. The molecule has 0 heterocycles. The van der Waals surface area contributed by atoms with Crippen LogP contribution in [-0.4, -0.2) is 38.3 Å². The molecule has 4 nitrogen and oxygen atoms in total. The van der Waals surface area contributed by atoms with Gasteiger partial charge in [-0.1, -0.05) is 13.0 Å². The number of aliphatic imine (C=N–C) groups is 1. The van der Waals surface area contributed by atoms with Gasteiger partial charge in [0.15, 0.2) is 5.96 Å². The van der Waals surface area contributed by atoms with Gasteiger partial charge >= 0.3 is 0 Å². The standard InChI is InChI=1S/C17H27F2N3O.HI/c1-6-20-16(22-11-17(3,4)23-5)21-10-12(2)14-8-7-13(18)9-15(14)19;/h7-9,12H,6,10-11H2,1-5H3,(H2,20,21,22);1H. The van der Waals surface area contributed by atoms with Gasteiger partial charge in [-0.15, -0.1) is 24.0 Å². The Balaban J connectivity index is 0.00000529. The van der Waals surface area contributed by atoms with Crippen LogP contribution in [0.25, 0.3) is 0 Å². The van der Waals surface area contributed by atoms with Crippen LogP contribution in [0.3, 0.4) is 0 Å². The highest BCUT2D eigenvalue weighted by Crippen LogP contribution is 2.19. The molecule has 1 aromatic carbocycles. The summed E-state index contributed by atoms with van der Waals surface area (Å²) in [5, 5.41) is 6.32. The second-order valence-electron chi connectivity index (χ2n) is 6.11. The van der Waals surface area contributed by atoms with Crippen molar-refractivity contribution in [3.05, 3.63) is 35.4 Å². The molecular formula is C17H28F2IN3O. The first-order valence-electron chi connectivity index (χ1n) is 7.81. The average molecular weight is 455 g/mol. The van der Waals surface area contributed by atoms with Crippen LogP contribution in [-0.2, 0) is 4.74 Å². The zero-order valence-electron chi connectivity index (χ0n) is 15.0. The molecule has 0 aliphatic rings. The quantitative estimate of drug-likeness (QED) is 0.375. The molecule has 2 N–H and O–H groups in total. The van der Waals surface area contributed by atoms with Gasteiger partial charge in [-0.25, -0.2) is 8.78 Å². The molecule has 1 atom stereocenters. The second-order valence-corrected chi connectivity index (χ2v) is 6.11. The van der Waals surface area contributed by atoms with Crippen LogP contribution < -0.4 is 10.6 Å². The molecule has 0 aromatic heterocycles. The summed E-state index contributed by atoms with van der Waals surface area (Å²) in [5.41, 5.74) is 0.129. The number of ether oxygens (including phenoxy) is 1. The molecule has 1 unspecified atom stereocenters. The van der Waals surface area contributed by atoms with E-state index in [0.29, 0.717) is 24.6 Å². The third kappa shape index (κ3) is 7.74. The van der Waals surface area contributed by atoms with Crippen LogP contribution in [0.4, 0.5) is 8.78 Å². The van der Waals surface area contributed by atoms with E-state index in [9.17, 15) is 8.78 Å². The Labute approximate surface area is 160 Å². The molecule has 0 saturated heterocycles. The van der Waals surface area contributed by atoms with Gasteiger partial charge in [0.2, 0.25) is 0 Å². The molecule has 0 amide bonds. The molecule has 7 heteroatoms. The first-order valence-corrected chi connectivity index (χ1v) is 7.81. The van der Waals surface area contributed by atoms with Crippen molar-refractivity contribution in [2.24, 2.45) is 4.99 Å². The number of halogens is 3. The summed E-state index contributed by atoms with van der Waals surface area (Å²) in [6.07, 6.45) is 0. The number of methoxy groups -OCH3 is 1. The first kappa shape index (κ1) is 23.0. The molecule has 24 heavy (non-hydrogen) atoms. The summed E-state index contributed by atoms with van der Waals surface area (Å²) in [4.78, 5) is 4.47. The van der Waals surface area contributed by atoms with Crippen LogP contribution in [0.5, 0.6) is 0 Å². The van der Waals surface area contributed by atoms with E-state index in [0.717, 1.165) is 12.6 Å². The fourth-order valence-corrected chi connectivity index (χ4v) is 1.94. The van der Waals surface area contributed by atoms with Crippen molar-refractivity contribution in [1.29, 1.82) is 0 Å². The number of hydrogen-bond donors (Lipinski definition) is 2. The van der Waals surface area contributed by atoms with Crippen LogP contribution in [0, 0.1) is 11.6 Å². The monoisotopic (exact) mass is 455 g/mol. The smallest absolute Gasteiger partial charge is 0.191 e. The Morgan fingerprint density at radius 1 is 1.29 bits per heavy atom. The van der Waals surface area contributed by atoms with Crippen molar-refractivity contribution in [1.82, 2.24) is 10.6 Å². The van der Waals surface area contributed by atoms with Gasteiger partial charge in [-0.3, -0.25) is 4.99 Å². The van der Waals surface area contributed by atoms with Crippen molar-refractivity contribution >= 4 is 29.9 Å². The summed E-state index contributed by atoms with van der Waals surface area (Å²) in [6, 6.07) is 3.66. The van der Waals surface area contributed by atoms with Crippen molar-refractivity contribution in [3.63, 3.8) is 0 Å². The molecule has 0 saturated carbocycles. The Morgan fingerprint density at radius 2 is 1.96 bits per heavy atom. The predicted molar refractivity (Wildman–Crippen MR) is 105 cm³/mol. The van der Waals surface area contributed by atoms with E-state index in [1.165, 1.54) is 12.1 Å². The van der Waals surface area contributed by atoms with Crippen LogP contribution in [0.1, 0.15) is 39.2 Å². The summed E-state index contributed by atoms with van der Waals surface area (Å²) >= 11 is 0. The minimum absolute atomic E-state index is 0. The summed E-state index contributed by atoms with van der Waals surface area (Å²) in [5.74, 6) is -0.563. The second kappa shape index (κ2) is 10.8. The van der Waals surface area contributed by atoms with Gasteiger partial charge in [0.1, 0.15) is 11.6 Å². The molecule has 138 valence electrons. The Hall–Kier alpha value is -0.960. The number of nitrogens with zero attached hydrogens (tertiary/aromatic N) is 1. The van der Waals surface area contributed by atoms with Gasteiger partial charge in [0, 0.05) is 32.2 Å². The largest absolute Gasteiger partial charge is 0.377 e. The molecule has 0 aliphatic heterocycles. The molecule has 0 fully saturated rings. The lowest BCUT2D eigenvalue weighted by atomic mass is 10.0. The Bertz CT molecular complexity index is 539. The summed E-state index contributed by atoms with van der Waals surface area (Å²) in [7, 11) is 1.65. The number of nitrogens with one attached hydrogen (secondary N) is 2. The Morgan fingerprint density at radius 3 is 2.50 bits per heavy atom. The highest BCUT2D eigenvalue weighted by atomic mass is 127. The van der Waals surface area contributed by atoms with Gasteiger partial charge in [-0.05, 0) is 32.4 Å². The zero-order valence-corrected chi connectivity index (χ0v) is 17.3. The normalized spacial score (nSPS) is 13.2. The SMILES string of the molecule is CCNC(=NCC(C)(C)OC)NCC(C)c1ccc(F)cc1F.I. The predicted octanol–water partition coefficient (Wildman–Crippen LogP) is 3.67. The number of hydrogen-bond acceptors (Lipinski definition) is 2. The van der Waals surface area contributed by atoms with E-state index < -0.39 is 11.6 Å². The van der Waals surface area contributed by atoms with E-state index >= 15 is 0 Å². The summed E-state index contributed by atoms with van der Waals surface area (Å²) < 4.78 is 32.1. The van der Waals surface area contributed by atoms with E-state index in [1.807, 2.05) is 27.7 Å². The van der Waals surface area contributed by atoms with Crippen molar-refractivity contribution in [2.75, 3.05) is 26.7 Å². The number of rotatable bonds is 7. The third-order valence-electron chi connectivity index (χ3n) is 3.58. The van der Waals surface area contributed by atoms with Crippen LogP contribution >= 0.6 is 24.0 Å². The maximum Gasteiger partial charge on any atom is 0.191 e. The first-order chi connectivity index (χ1) is 10.8. The lowest BCUT2D eigenvalue weighted by molar-refractivity contribution is 0.0310. The molecular weight excluding hydrogens is 427 g/mol. The van der Waals surface area contributed by atoms with Crippen molar-refractivity contribution < 1.29 is 13.5 Å². The molecule has 1 aromatic rings. The fraction of sp³-hybridized carbons (Fsp3) is 0.588. The maximum absolute atomic E-state index is 13.8. The minimum atomic E-state index is -0.567. The lowest BCUT2D eigenvalue weighted by Gasteiger charge is -2.22. The number of benzene rings is 1. The van der Waals surface area contributed by atoms with Gasteiger partial charge in [0.25, 0.3) is 0 Å². The molecule has 0 spiro atoms. The van der Waals surface area contributed by atoms with Crippen molar-refractivity contribution in [2.45, 2.75) is 39.2 Å². The maximum atomic E-state index is 13.8. The van der Waals surface area contributed by atoms with E-state index in [2.05, 4.69) is 15.6 Å². The molecule has 0 radical (unpaired) electrons. The van der Waals surface area contributed by atoms with E-state index in [1.54, 1.807) is 7.11 Å².